The van der Waals surface area contributed by atoms with Crippen LogP contribution in [0.4, 0.5) is 0 Å². The maximum atomic E-state index is 12.9. The number of benzene rings is 2. The van der Waals surface area contributed by atoms with Gasteiger partial charge in [0, 0.05) is 11.1 Å². The fraction of sp³-hybridized carbons (Fsp3) is 0.286. The molecular weight excluding hydrogens is 350 g/mol. The first kappa shape index (κ1) is 20.0. The van der Waals surface area contributed by atoms with Gasteiger partial charge >= 0.3 is 0 Å². The molecule has 1 heterocycles. The molecule has 0 fully saturated rings. The maximum absolute atomic E-state index is 12.9. The second kappa shape index (κ2) is 7.52. The van der Waals surface area contributed by atoms with Gasteiger partial charge in [0.15, 0.2) is 11.0 Å². The Morgan fingerprint density at radius 2 is 1.69 bits per heavy atom. The fourth-order valence-electron chi connectivity index (χ4n) is 3.07. The summed E-state index contributed by atoms with van der Waals surface area (Å²) in [6.07, 6.45) is 0. The molecule has 0 unspecified atom stereocenters. The first-order valence-corrected chi connectivity index (χ1v) is 8.31. The molecule has 2 aromatic carbocycles. The maximum Gasteiger partial charge on any atom is 0.196 e. The van der Waals surface area contributed by atoms with Crippen LogP contribution >= 0.6 is 0 Å². The smallest absolute Gasteiger partial charge is 0.196 e. The van der Waals surface area contributed by atoms with E-state index < -0.39 is 0 Å². The summed E-state index contributed by atoms with van der Waals surface area (Å²) in [5.74, 6) is 1.36. The Labute approximate surface area is 160 Å². The summed E-state index contributed by atoms with van der Waals surface area (Å²) in [7, 11) is 7.94. The second-order valence-corrected chi connectivity index (χ2v) is 7.32. The fourth-order valence-corrected chi connectivity index (χ4v) is 3.07. The van der Waals surface area contributed by atoms with Gasteiger partial charge in [-0.15, -0.1) is 0 Å². The van der Waals surface area contributed by atoms with Crippen molar-refractivity contribution < 1.29 is 26.0 Å². The summed E-state index contributed by atoms with van der Waals surface area (Å²) in [6.45, 7) is 2.51. The zero-order valence-electron chi connectivity index (χ0n) is 15.8. The first-order valence-electron chi connectivity index (χ1n) is 8.31. The minimum absolute atomic E-state index is 0. The van der Waals surface area contributed by atoms with E-state index in [1.54, 1.807) is 13.2 Å². The predicted octanol–water partition coefficient (Wildman–Crippen LogP) is 0.987. The Kier molecular flexibility index (Phi) is 5.79. The molecule has 0 bridgehead atoms. The molecule has 0 saturated carbocycles. The highest BCUT2D eigenvalue weighted by Gasteiger charge is 2.22. The summed E-state index contributed by atoms with van der Waals surface area (Å²) in [4.78, 5) is 12.9. The van der Waals surface area contributed by atoms with Crippen molar-refractivity contribution in [3.63, 3.8) is 0 Å². The van der Waals surface area contributed by atoms with E-state index in [9.17, 15) is 4.79 Å². The highest BCUT2D eigenvalue weighted by atomic mass is 35.5. The average molecular weight is 374 g/mol. The topological polar surface area (TPSA) is 39.4 Å². The predicted molar refractivity (Wildman–Crippen MR) is 101 cm³/mol. The molecule has 0 aliphatic heterocycles. The highest BCUT2D eigenvalue weighted by Crippen LogP contribution is 2.32. The molecule has 0 atom stereocenters. The van der Waals surface area contributed by atoms with Crippen LogP contribution in [0.3, 0.4) is 0 Å². The number of halogens is 1. The van der Waals surface area contributed by atoms with E-state index in [4.69, 9.17) is 9.15 Å². The van der Waals surface area contributed by atoms with Crippen molar-refractivity contribution >= 4 is 11.0 Å². The van der Waals surface area contributed by atoms with Crippen LogP contribution in [0.1, 0.15) is 11.1 Å². The van der Waals surface area contributed by atoms with Crippen LogP contribution in [-0.2, 0) is 6.54 Å². The Hall–Kier alpha value is -2.30. The van der Waals surface area contributed by atoms with E-state index in [0.717, 1.165) is 16.9 Å². The number of hydrogen-bond donors (Lipinski definition) is 0. The highest BCUT2D eigenvalue weighted by molar-refractivity contribution is 5.85. The van der Waals surface area contributed by atoms with Crippen LogP contribution in [0.2, 0.25) is 0 Å². The third-order valence-electron chi connectivity index (χ3n) is 4.24. The summed E-state index contributed by atoms with van der Waals surface area (Å²) >= 11 is 0. The van der Waals surface area contributed by atoms with E-state index in [1.165, 1.54) is 0 Å². The molecule has 0 amide bonds. The summed E-state index contributed by atoms with van der Waals surface area (Å²) in [5.41, 5.74) is 3.06. The molecule has 0 radical (unpaired) electrons. The van der Waals surface area contributed by atoms with Gasteiger partial charge < -0.3 is 26.0 Å². The molecule has 0 N–H and O–H groups in total. The molecule has 0 aliphatic rings. The monoisotopic (exact) mass is 373 g/mol. The van der Waals surface area contributed by atoms with Gasteiger partial charge in [-0.2, -0.15) is 0 Å². The van der Waals surface area contributed by atoms with E-state index in [1.807, 2.05) is 43.3 Å². The second-order valence-electron chi connectivity index (χ2n) is 7.32. The van der Waals surface area contributed by atoms with Gasteiger partial charge in [-0.1, -0.05) is 30.3 Å². The van der Waals surface area contributed by atoms with Gasteiger partial charge in [0.2, 0.25) is 0 Å². The van der Waals surface area contributed by atoms with Crippen LogP contribution in [-0.4, -0.2) is 32.7 Å². The summed E-state index contributed by atoms with van der Waals surface area (Å²) in [5, 5.41) is 0.599. The molecule has 0 aliphatic carbocycles. The average Bonchev–Trinajstić information content (AvgIpc) is 2.58. The van der Waals surface area contributed by atoms with Crippen LogP contribution in [0.25, 0.3) is 22.3 Å². The summed E-state index contributed by atoms with van der Waals surface area (Å²) < 4.78 is 12.5. The largest absolute Gasteiger partial charge is 1.00 e. The lowest BCUT2D eigenvalue weighted by Gasteiger charge is -2.25. The van der Waals surface area contributed by atoms with Crippen molar-refractivity contribution in [2.75, 3.05) is 28.3 Å². The number of nitrogens with zero attached hydrogens (tertiary/aromatic N) is 1. The van der Waals surface area contributed by atoms with Gasteiger partial charge in [0.1, 0.15) is 18.1 Å². The molecule has 3 rings (SSSR count). The number of rotatable bonds is 4. The molecule has 3 aromatic rings. The van der Waals surface area contributed by atoms with Gasteiger partial charge in [-0.25, -0.2) is 0 Å². The van der Waals surface area contributed by atoms with Gasteiger partial charge in [-0.3, -0.25) is 4.79 Å². The zero-order valence-corrected chi connectivity index (χ0v) is 16.6. The van der Waals surface area contributed by atoms with E-state index in [0.29, 0.717) is 33.3 Å². The number of hydrogen-bond acceptors (Lipinski definition) is 3. The van der Waals surface area contributed by atoms with Crippen LogP contribution in [0.15, 0.2) is 51.7 Å². The standard InChI is InChI=1S/C21H24NO3.ClH/c1-14-19(23)16-11-12-18(24-5)17(13-22(2,3)4)21(16)25-20(14)15-9-7-6-8-10-15;/h6-12H,13H2,1-5H3;1H/q+1;/p-1. The van der Waals surface area contributed by atoms with Crippen LogP contribution < -0.4 is 22.6 Å². The lowest BCUT2D eigenvalue weighted by molar-refractivity contribution is -0.883. The van der Waals surface area contributed by atoms with Crippen molar-refractivity contribution in [3.05, 3.63) is 63.8 Å². The molecule has 26 heavy (non-hydrogen) atoms. The third kappa shape index (κ3) is 3.76. The third-order valence-corrected chi connectivity index (χ3v) is 4.24. The normalized spacial score (nSPS) is 11.3. The van der Waals surface area contributed by atoms with Gasteiger partial charge in [-0.05, 0) is 19.1 Å². The molecule has 5 heteroatoms. The van der Waals surface area contributed by atoms with E-state index in [2.05, 4.69) is 21.1 Å². The molecule has 0 spiro atoms. The lowest BCUT2D eigenvalue weighted by Crippen LogP contribution is -3.00. The zero-order chi connectivity index (χ0) is 18.2. The van der Waals surface area contributed by atoms with E-state index >= 15 is 0 Å². The van der Waals surface area contributed by atoms with E-state index in [-0.39, 0.29) is 17.8 Å². The van der Waals surface area contributed by atoms with Crippen molar-refractivity contribution in [2.24, 2.45) is 0 Å². The first-order chi connectivity index (χ1) is 11.8. The minimum Gasteiger partial charge on any atom is -1.00 e. The van der Waals surface area contributed by atoms with Gasteiger partial charge in [0.25, 0.3) is 0 Å². The van der Waals surface area contributed by atoms with Crippen molar-refractivity contribution in [1.82, 2.24) is 0 Å². The summed E-state index contributed by atoms with van der Waals surface area (Å²) in [6, 6.07) is 13.4. The molecular formula is C21H24ClNO3. The Balaban J connectivity index is 0.00000243. The number of fused-ring (bicyclic) bond motifs is 1. The molecule has 4 nitrogen and oxygen atoms in total. The number of quaternary nitrogens is 1. The van der Waals surface area contributed by atoms with Crippen molar-refractivity contribution in [1.29, 1.82) is 0 Å². The Bertz CT molecular complexity index is 972. The SMILES string of the molecule is COc1ccc2c(=O)c(C)c(-c3ccccc3)oc2c1C[N+](C)(C)C.[Cl-]. The molecule has 0 saturated heterocycles. The quantitative estimate of drug-likeness (QED) is 0.640. The Morgan fingerprint density at radius 1 is 1.04 bits per heavy atom. The number of ether oxygens (including phenoxy) is 1. The van der Waals surface area contributed by atoms with Crippen molar-refractivity contribution in [3.8, 4) is 17.1 Å². The Morgan fingerprint density at radius 3 is 2.27 bits per heavy atom. The number of methoxy groups -OCH3 is 1. The minimum atomic E-state index is 0. The van der Waals surface area contributed by atoms with Crippen LogP contribution in [0.5, 0.6) is 5.75 Å². The van der Waals surface area contributed by atoms with Crippen molar-refractivity contribution in [2.45, 2.75) is 13.5 Å². The molecule has 1 aromatic heterocycles. The lowest BCUT2D eigenvalue weighted by atomic mass is 10.0. The van der Waals surface area contributed by atoms with Crippen LogP contribution in [0, 0.1) is 6.92 Å². The molecule has 138 valence electrons. The van der Waals surface area contributed by atoms with Gasteiger partial charge in [0.05, 0.1) is 39.2 Å².